The molecule has 1 saturated heterocycles. The Balaban J connectivity index is 2.07. The van der Waals surface area contributed by atoms with Gasteiger partial charge in [0.1, 0.15) is 0 Å². The van der Waals surface area contributed by atoms with Crippen molar-refractivity contribution in [3.05, 3.63) is 0 Å². The van der Waals surface area contributed by atoms with Crippen molar-refractivity contribution in [1.82, 2.24) is 10.2 Å². The summed E-state index contributed by atoms with van der Waals surface area (Å²) in [7, 11) is 4.06. The van der Waals surface area contributed by atoms with Gasteiger partial charge in [0.05, 0.1) is 5.41 Å². The molecule has 0 spiro atoms. The van der Waals surface area contributed by atoms with Gasteiger partial charge < -0.3 is 15.3 Å². The van der Waals surface area contributed by atoms with Crippen LogP contribution in [0.1, 0.15) is 32.1 Å². The zero-order chi connectivity index (χ0) is 12.5. The maximum Gasteiger partial charge on any atom is 0.311 e. The minimum atomic E-state index is -0.595. The van der Waals surface area contributed by atoms with E-state index in [4.69, 9.17) is 0 Å². The molecule has 2 N–H and O–H groups in total. The van der Waals surface area contributed by atoms with Crippen LogP contribution in [0.2, 0.25) is 0 Å². The number of piperidine rings is 1. The monoisotopic (exact) mass is 240 g/mol. The summed E-state index contributed by atoms with van der Waals surface area (Å²) in [5.41, 5.74) is -0.477. The van der Waals surface area contributed by atoms with Gasteiger partial charge in [0, 0.05) is 6.04 Å². The maximum absolute atomic E-state index is 11.6. The van der Waals surface area contributed by atoms with Gasteiger partial charge in [0.25, 0.3) is 0 Å². The molecule has 1 heterocycles. The number of carboxylic acids is 1. The van der Waals surface area contributed by atoms with Crippen molar-refractivity contribution in [2.24, 2.45) is 11.3 Å². The molecule has 1 unspecified atom stereocenters. The number of hydrogen-bond donors (Lipinski definition) is 2. The van der Waals surface area contributed by atoms with Gasteiger partial charge in [-0.05, 0) is 58.8 Å². The Hall–Kier alpha value is -0.610. The molecular weight excluding hydrogens is 216 g/mol. The molecule has 0 radical (unpaired) electrons. The SMILES string of the molecule is CNC(C1CCN(C)CC1)C1(C(=O)O)CCC1. The lowest BCUT2D eigenvalue weighted by Crippen LogP contribution is -2.58. The molecule has 2 aliphatic rings. The number of likely N-dealkylation sites (tertiary alicyclic amines) is 1. The molecule has 4 nitrogen and oxygen atoms in total. The third-order valence-electron chi connectivity index (χ3n) is 4.81. The van der Waals surface area contributed by atoms with Gasteiger partial charge in [-0.25, -0.2) is 0 Å². The number of rotatable bonds is 4. The zero-order valence-corrected chi connectivity index (χ0v) is 10.9. The Kier molecular flexibility index (Phi) is 3.73. The van der Waals surface area contributed by atoms with Gasteiger partial charge in [0.2, 0.25) is 0 Å². The van der Waals surface area contributed by atoms with Crippen LogP contribution in [-0.2, 0) is 4.79 Å². The highest BCUT2D eigenvalue weighted by molar-refractivity contribution is 5.76. The lowest BCUT2D eigenvalue weighted by atomic mass is 9.60. The minimum Gasteiger partial charge on any atom is -0.481 e. The zero-order valence-electron chi connectivity index (χ0n) is 10.9. The average molecular weight is 240 g/mol. The maximum atomic E-state index is 11.6. The molecule has 1 aliphatic heterocycles. The van der Waals surface area contributed by atoms with E-state index < -0.39 is 11.4 Å². The highest BCUT2D eigenvalue weighted by Crippen LogP contribution is 2.47. The van der Waals surface area contributed by atoms with E-state index in [0.717, 1.165) is 45.2 Å². The van der Waals surface area contributed by atoms with Crippen molar-refractivity contribution < 1.29 is 9.90 Å². The van der Waals surface area contributed by atoms with Crippen molar-refractivity contribution in [3.63, 3.8) is 0 Å². The summed E-state index contributed by atoms with van der Waals surface area (Å²) in [6.45, 7) is 2.19. The van der Waals surface area contributed by atoms with Crippen LogP contribution in [0.5, 0.6) is 0 Å². The Morgan fingerprint density at radius 1 is 1.41 bits per heavy atom. The second-order valence-corrected chi connectivity index (χ2v) is 5.72. The number of hydrogen-bond acceptors (Lipinski definition) is 3. The molecule has 0 bridgehead atoms. The van der Waals surface area contributed by atoms with Crippen LogP contribution in [0.3, 0.4) is 0 Å². The number of carboxylic acid groups (broad SMARTS) is 1. The first-order valence-corrected chi connectivity index (χ1v) is 6.69. The highest BCUT2D eigenvalue weighted by atomic mass is 16.4. The summed E-state index contributed by atoms with van der Waals surface area (Å²) < 4.78 is 0. The lowest BCUT2D eigenvalue weighted by molar-refractivity contribution is -0.159. The van der Waals surface area contributed by atoms with Crippen LogP contribution in [0.15, 0.2) is 0 Å². The van der Waals surface area contributed by atoms with E-state index in [0.29, 0.717) is 5.92 Å². The quantitative estimate of drug-likeness (QED) is 0.774. The standard InChI is InChI=1S/C13H24N2O2/c1-14-11(10-4-8-15(2)9-5-10)13(12(16)17)6-3-7-13/h10-11,14H,3-9H2,1-2H3,(H,16,17). The number of nitrogens with one attached hydrogen (secondary N) is 1. The fraction of sp³-hybridized carbons (Fsp3) is 0.923. The van der Waals surface area contributed by atoms with E-state index >= 15 is 0 Å². The van der Waals surface area contributed by atoms with Crippen molar-refractivity contribution in [2.75, 3.05) is 27.2 Å². The Morgan fingerprint density at radius 2 is 2.00 bits per heavy atom. The molecular formula is C13H24N2O2. The molecule has 0 aromatic heterocycles. The van der Waals surface area contributed by atoms with Crippen molar-refractivity contribution >= 4 is 5.97 Å². The van der Waals surface area contributed by atoms with Crippen molar-refractivity contribution in [1.29, 1.82) is 0 Å². The first kappa shape index (κ1) is 12.8. The molecule has 0 aromatic rings. The molecule has 1 saturated carbocycles. The van der Waals surface area contributed by atoms with Crippen LogP contribution in [0.4, 0.5) is 0 Å². The molecule has 4 heteroatoms. The van der Waals surface area contributed by atoms with Crippen LogP contribution in [0.25, 0.3) is 0 Å². The largest absolute Gasteiger partial charge is 0.481 e. The normalized spacial score (nSPS) is 27.4. The van der Waals surface area contributed by atoms with Gasteiger partial charge in [-0.3, -0.25) is 4.79 Å². The number of aliphatic carboxylic acids is 1. The summed E-state index contributed by atoms with van der Waals surface area (Å²) in [5, 5.41) is 12.8. The fourth-order valence-corrected chi connectivity index (χ4v) is 3.54. The predicted molar refractivity (Wildman–Crippen MR) is 67.0 cm³/mol. The third-order valence-corrected chi connectivity index (χ3v) is 4.81. The van der Waals surface area contributed by atoms with E-state index in [1.807, 2.05) is 7.05 Å². The van der Waals surface area contributed by atoms with Crippen molar-refractivity contribution in [2.45, 2.75) is 38.1 Å². The predicted octanol–water partition coefficient (Wildman–Crippen LogP) is 1.17. The van der Waals surface area contributed by atoms with E-state index in [1.165, 1.54) is 0 Å². The second kappa shape index (κ2) is 4.94. The Bertz CT molecular complexity index is 281. The molecule has 1 aliphatic carbocycles. The Morgan fingerprint density at radius 3 is 2.35 bits per heavy atom. The molecule has 98 valence electrons. The molecule has 1 atom stereocenters. The summed E-state index contributed by atoms with van der Waals surface area (Å²) >= 11 is 0. The molecule has 2 rings (SSSR count). The van der Waals surface area contributed by atoms with Crippen molar-refractivity contribution in [3.8, 4) is 0 Å². The summed E-state index contributed by atoms with van der Waals surface area (Å²) in [5.74, 6) is -0.0744. The number of carbonyl (C=O) groups is 1. The van der Waals surface area contributed by atoms with Crippen LogP contribution < -0.4 is 5.32 Å². The topological polar surface area (TPSA) is 52.6 Å². The molecule has 2 fully saturated rings. The van der Waals surface area contributed by atoms with Crippen LogP contribution in [-0.4, -0.2) is 49.2 Å². The number of nitrogens with zero attached hydrogens (tertiary/aromatic N) is 1. The molecule has 0 aromatic carbocycles. The summed E-state index contributed by atoms with van der Waals surface area (Å²) in [4.78, 5) is 13.9. The second-order valence-electron chi connectivity index (χ2n) is 5.72. The van der Waals surface area contributed by atoms with Crippen LogP contribution in [0, 0.1) is 11.3 Å². The van der Waals surface area contributed by atoms with E-state index in [1.54, 1.807) is 0 Å². The van der Waals surface area contributed by atoms with E-state index in [9.17, 15) is 9.90 Å². The van der Waals surface area contributed by atoms with Gasteiger partial charge in [-0.1, -0.05) is 6.42 Å². The third kappa shape index (κ3) is 2.20. The first-order valence-electron chi connectivity index (χ1n) is 6.69. The van der Waals surface area contributed by atoms with Gasteiger partial charge in [-0.15, -0.1) is 0 Å². The summed E-state index contributed by atoms with van der Waals surface area (Å²) in [6.07, 6.45) is 5.01. The minimum absolute atomic E-state index is 0.155. The first-order chi connectivity index (χ1) is 8.10. The fourth-order valence-electron chi connectivity index (χ4n) is 3.54. The van der Waals surface area contributed by atoms with Gasteiger partial charge in [0.15, 0.2) is 0 Å². The summed E-state index contributed by atoms with van der Waals surface area (Å²) in [6, 6.07) is 0.155. The van der Waals surface area contributed by atoms with Gasteiger partial charge >= 0.3 is 5.97 Å². The average Bonchev–Trinajstić information content (AvgIpc) is 2.24. The molecule has 17 heavy (non-hydrogen) atoms. The Labute approximate surface area is 103 Å². The lowest BCUT2D eigenvalue weighted by Gasteiger charge is -2.48. The van der Waals surface area contributed by atoms with E-state index in [2.05, 4.69) is 17.3 Å². The molecule has 0 amide bonds. The smallest absolute Gasteiger partial charge is 0.311 e. The van der Waals surface area contributed by atoms with Crippen LogP contribution >= 0.6 is 0 Å². The highest BCUT2D eigenvalue weighted by Gasteiger charge is 2.52. The van der Waals surface area contributed by atoms with Gasteiger partial charge in [-0.2, -0.15) is 0 Å². The van der Waals surface area contributed by atoms with E-state index in [-0.39, 0.29) is 6.04 Å².